The summed E-state index contributed by atoms with van der Waals surface area (Å²) in [4.78, 5) is 0. The van der Waals surface area contributed by atoms with Crippen LogP contribution in [0.15, 0.2) is 0 Å². The fourth-order valence-corrected chi connectivity index (χ4v) is 0. The van der Waals surface area contributed by atoms with Gasteiger partial charge >= 0.3 is 104 Å². The van der Waals surface area contributed by atoms with Crippen molar-refractivity contribution >= 4 is 132 Å². The standard InChI is InChI=1S/Ag.Al.Cr.Cu.Fe.Mg.Na.Ni.Pb.H4Si.Sn.10H/h;;;;;;;;;1H4;;;;;;;;;;;. The van der Waals surface area contributed by atoms with Gasteiger partial charge in [-0.2, -0.15) is 0 Å². The molecule has 0 aliphatic carbocycles. The van der Waals surface area contributed by atoms with Crippen LogP contribution in [-0.2, 0) is 90.4 Å². The van der Waals surface area contributed by atoms with Crippen LogP contribution in [0.4, 0.5) is 0 Å². The molecule has 78 valence electrons. The van der Waals surface area contributed by atoms with E-state index in [0.29, 0.717) is 0 Å². The summed E-state index contributed by atoms with van der Waals surface area (Å²) >= 11 is 0. The average Bonchev–Trinajstić information content (AvgIpc) is 0. The monoisotopic (exact) mass is 780 g/mol. The summed E-state index contributed by atoms with van der Waals surface area (Å²) in [6, 6.07) is 0. The summed E-state index contributed by atoms with van der Waals surface area (Å²) in [5.41, 5.74) is 0. The van der Waals surface area contributed by atoms with Crippen molar-refractivity contribution in [3.8, 4) is 0 Å². The molecule has 11 heteroatoms. The molecule has 0 spiro atoms. The molecule has 0 N–H and O–H groups in total. The van der Waals surface area contributed by atoms with Gasteiger partial charge in [0.15, 0.2) is 17.4 Å². The van der Waals surface area contributed by atoms with Gasteiger partial charge in [-0.05, 0) is 11.0 Å². The van der Waals surface area contributed by atoms with Crippen LogP contribution in [-0.4, -0.2) is 132 Å². The Balaban J connectivity index is 0. The Hall–Kier alpha value is 7.04. The summed E-state index contributed by atoms with van der Waals surface area (Å²) in [5, 5.41) is 0. The summed E-state index contributed by atoms with van der Waals surface area (Å²) in [6.07, 6.45) is 0. The van der Waals surface area contributed by atoms with Crippen LogP contribution in [0.1, 0.15) is 0 Å². The third-order valence-electron chi connectivity index (χ3n) is 0. The Morgan fingerprint density at radius 1 is 1.00 bits per heavy atom. The van der Waals surface area contributed by atoms with Crippen LogP contribution < -0.4 is 0 Å². The zero-order valence-corrected chi connectivity index (χ0v) is 18.4. The predicted octanol–water partition coefficient (Wildman–Crippen LogP) is -6.05. The van der Waals surface area contributed by atoms with Crippen molar-refractivity contribution in [1.82, 2.24) is 0 Å². The Morgan fingerprint density at radius 2 is 1.00 bits per heavy atom. The molecule has 0 aromatic rings. The topological polar surface area (TPSA) is 0 Å². The van der Waals surface area contributed by atoms with Crippen LogP contribution in [0.2, 0.25) is 0 Å². The van der Waals surface area contributed by atoms with Gasteiger partial charge in [-0.25, -0.2) is 0 Å². The second-order valence-electron chi connectivity index (χ2n) is 0. The molecule has 0 saturated heterocycles. The third kappa shape index (κ3) is 77.8. The van der Waals surface area contributed by atoms with Gasteiger partial charge < -0.3 is 0 Å². The Morgan fingerprint density at radius 3 is 1.00 bits per heavy atom. The van der Waals surface area contributed by atoms with E-state index in [4.69, 9.17) is 0 Å². The van der Waals surface area contributed by atoms with Crippen molar-refractivity contribution in [2.75, 3.05) is 0 Å². The van der Waals surface area contributed by atoms with E-state index < -0.39 is 0 Å². The van der Waals surface area contributed by atoms with Gasteiger partial charge in [0.1, 0.15) is 0 Å². The third-order valence-corrected chi connectivity index (χ3v) is 0. The molecule has 6 radical (unpaired) electrons. The van der Waals surface area contributed by atoms with Crippen LogP contribution in [0.5, 0.6) is 0 Å². The van der Waals surface area contributed by atoms with Gasteiger partial charge in [0.25, 0.3) is 0 Å². The summed E-state index contributed by atoms with van der Waals surface area (Å²) in [5.74, 6) is 0. The molecular weight excluding hydrogens is 766 g/mol. The Labute approximate surface area is 217 Å². The quantitative estimate of drug-likeness (QED) is 0.215. The molecule has 11 heavy (non-hydrogen) atoms. The van der Waals surface area contributed by atoms with E-state index in [-0.39, 0.29) is 223 Å². The fourth-order valence-electron chi connectivity index (χ4n) is 0. The van der Waals surface area contributed by atoms with Crippen molar-refractivity contribution in [3.05, 3.63) is 0 Å². The number of hydrogen-bond acceptors (Lipinski definition) is 0. The van der Waals surface area contributed by atoms with Gasteiger partial charge in [0, 0.05) is 90.4 Å². The second-order valence-corrected chi connectivity index (χ2v) is 0. The molecular formula is H14AgAlCrCuFeMgNaNiPbSiSn. The number of hydrogen-bond donors (Lipinski definition) is 0. The first-order valence-corrected chi connectivity index (χ1v) is 0. The molecule has 0 unspecified atom stereocenters. The molecule has 0 heterocycles. The SMILES string of the molecule is [Ag].[AlH3].[Cr].[Cu].[Fe].[MgH2].[NaH].[Ni].[PbH2].[SiH4].[SnH2]. The molecule has 0 aliphatic rings. The zero-order valence-electron chi connectivity index (χ0n) is 3.10. The molecule has 0 aromatic carbocycles. The van der Waals surface area contributed by atoms with E-state index >= 15 is 0 Å². The summed E-state index contributed by atoms with van der Waals surface area (Å²) < 4.78 is 0. The van der Waals surface area contributed by atoms with E-state index in [1.165, 1.54) is 0 Å². The van der Waals surface area contributed by atoms with E-state index in [1.807, 2.05) is 0 Å². The number of rotatable bonds is 0. The molecule has 0 bridgehead atoms. The van der Waals surface area contributed by atoms with Crippen LogP contribution in [0.3, 0.4) is 0 Å². The second kappa shape index (κ2) is 88.4. The van der Waals surface area contributed by atoms with Crippen LogP contribution >= 0.6 is 0 Å². The minimum atomic E-state index is 0. The van der Waals surface area contributed by atoms with Crippen LogP contribution in [0.25, 0.3) is 0 Å². The summed E-state index contributed by atoms with van der Waals surface area (Å²) in [6.45, 7) is 0. The Kier molecular flexibility index (Phi) is 850. The molecule has 0 saturated carbocycles. The van der Waals surface area contributed by atoms with Gasteiger partial charge in [0.2, 0.25) is 0 Å². The van der Waals surface area contributed by atoms with E-state index in [9.17, 15) is 0 Å². The average molecular weight is 780 g/mol. The van der Waals surface area contributed by atoms with Gasteiger partial charge in [-0.3, -0.25) is 0 Å². The van der Waals surface area contributed by atoms with Gasteiger partial charge in [-0.1, -0.05) is 0 Å². The van der Waals surface area contributed by atoms with Crippen molar-refractivity contribution in [2.45, 2.75) is 0 Å². The molecule has 0 nitrogen and oxygen atoms in total. The Bertz CT molecular complexity index is 38.1. The first kappa shape index (κ1) is 106. The first-order chi connectivity index (χ1) is 0. The van der Waals surface area contributed by atoms with Crippen LogP contribution in [0, 0.1) is 0 Å². The molecule has 0 atom stereocenters. The van der Waals surface area contributed by atoms with Gasteiger partial charge in [-0.15, -0.1) is 0 Å². The van der Waals surface area contributed by atoms with E-state index in [1.54, 1.807) is 0 Å². The molecule has 0 amide bonds. The predicted molar refractivity (Wildman–Crippen MR) is 54.1 cm³/mol. The zero-order chi connectivity index (χ0) is 0. The molecule has 0 aliphatic heterocycles. The van der Waals surface area contributed by atoms with E-state index in [0.717, 1.165) is 0 Å². The van der Waals surface area contributed by atoms with Gasteiger partial charge in [0.05, 0.1) is 0 Å². The fraction of sp³-hybridized carbons (Fsp3) is 0. The normalized spacial score (nSPS) is 0. The summed E-state index contributed by atoms with van der Waals surface area (Å²) in [7, 11) is 0. The molecule has 0 rings (SSSR count). The molecule has 0 fully saturated rings. The van der Waals surface area contributed by atoms with Crippen molar-refractivity contribution in [3.63, 3.8) is 0 Å². The minimum absolute atomic E-state index is 0. The molecule has 0 aromatic heterocycles. The maximum absolute atomic E-state index is 0. The maximum atomic E-state index is 0. The van der Waals surface area contributed by atoms with Crippen molar-refractivity contribution < 1.29 is 90.4 Å². The van der Waals surface area contributed by atoms with E-state index in [2.05, 4.69) is 0 Å². The first-order valence-electron chi connectivity index (χ1n) is 0. The van der Waals surface area contributed by atoms with Crippen molar-refractivity contribution in [1.29, 1.82) is 0 Å². The van der Waals surface area contributed by atoms with Crippen molar-refractivity contribution in [2.24, 2.45) is 0 Å².